The zero-order valence-corrected chi connectivity index (χ0v) is 5.87. The number of hydrogen-bond donors (Lipinski definition) is 1. The topological polar surface area (TPSA) is 26.0 Å². The summed E-state index contributed by atoms with van der Waals surface area (Å²) in [5, 5.41) is 2.13. The molecule has 0 radical (unpaired) electrons. The van der Waals surface area contributed by atoms with Gasteiger partial charge in [0.15, 0.2) is 0 Å². The van der Waals surface area contributed by atoms with E-state index in [1.165, 1.54) is 0 Å². The lowest BCUT2D eigenvalue weighted by molar-refractivity contribution is 0.674. The van der Waals surface area contributed by atoms with E-state index in [2.05, 4.69) is 18.4 Å². The lowest BCUT2D eigenvalue weighted by Gasteiger charge is -2.18. The quantitative estimate of drug-likeness (QED) is 0.578. The lowest BCUT2D eigenvalue weighted by atomic mass is 10.1. The largest absolute Gasteiger partial charge is 0.329 e. The summed E-state index contributed by atoms with van der Waals surface area (Å²) in [4.78, 5) is 0. The van der Waals surface area contributed by atoms with Gasteiger partial charge < -0.3 is 5.73 Å². The van der Waals surface area contributed by atoms with Crippen LogP contribution in [0.5, 0.6) is 0 Å². The summed E-state index contributed by atoms with van der Waals surface area (Å²) in [7, 11) is 0. The molecule has 1 atom stereocenters. The van der Waals surface area contributed by atoms with Crippen LogP contribution in [0.25, 0.3) is 0 Å². The molecule has 1 aliphatic rings. The molecule has 0 aromatic carbocycles. The van der Waals surface area contributed by atoms with E-state index < -0.39 is 0 Å². The van der Waals surface area contributed by atoms with Crippen molar-refractivity contribution in [1.82, 2.24) is 0 Å². The van der Waals surface area contributed by atoms with Crippen molar-refractivity contribution in [2.75, 3.05) is 6.54 Å². The van der Waals surface area contributed by atoms with Crippen molar-refractivity contribution < 1.29 is 0 Å². The van der Waals surface area contributed by atoms with Crippen LogP contribution in [0, 0.1) is 0 Å². The van der Waals surface area contributed by atoms with Gasteiger partial charge in [0.25, 0.3) is 0 Å². The number of thioether (sulfide) groups is 1. The van der Waals surface area contributed by atoms with Gasteiger partial charge in [-0.3, -0.25) is 0 Å². The van der Waals surface area contributed by atoms with Crippen LogP contribution >= 0.6 is 11.8 Å². The molecule has 0 saturated heterocycles. The van der Waals surface area contributed by atoms with Crippen LogP contribution in [0.1, 0.15) is 13.3 Å². The molecule has 0 spiro atoms. The Morgan fingerprint density at radius 3 is 2.88 bits per heavy atom. The normalized spacial score (nSPS) is 36.2. The summed E-state index contributed by atoms with van der Waals surface area (Å²) in [5.74, 6) is 0. The van der Waals surface area contributed by atoms with Gasteiger partial charge in [0.2, 0.25) is 0 Å². The molecule has 0 aliphatic carbocycles. The van der Waals surface area contributed by atoms with Crippen molar-refractivity contribution in [1.29, 1.82) is 0 Å². The highest BCUT2D eigenvalue weighted by molar-refractivity contribution is 8.03. The van der Waals surface area contributed by atoms with Gasteiger partial charge in [-0.15, -0.1) is 11.8 Å². The van der Waals surface area contributed by atoms with Gasteiger partial charge in [0.05, 0.1) is 0 Å². The molecule has 1 rings (SSSR count). The first-order valence-corrected chi connectivity index (χ1v) is 3.68. The molecule has 1 nitrogen and oxygen atoms in total. The Bertz CT molecular complexity index is 101. The van der Waals surface area contributed by atoms with Crippen molar-refractivity contribution in [3.63, 3.8) is 0 Å². The Morgan fingerprint density at radius 2 is 2.62 bits per heavy atom. The third-order valence-corrected chi connectivity index (χ3v) is 2.66. The van der Waals surface area contributed by atoms with Crippen LogP contribution in [0.4, 0.5) is 0 Å². The van der Waals surface area contributed by atoms with Crippen LogP contribution in [-0.2, 0) is 0 Å². The molecule has 0 saturated carbocycles. The minimum atomic E-state index is 0.319. The standard InChI is InChI=1S/C6H11NS/c1-6(5-7)3-2-4-8-6/h2,4H,3,5,7H2,1H3. The fraction of sp³-hybridized carbons (Fsp3) is 0.667. The van der Waals surface area contributed by atoms with Crippen molar-refractivity contribution in [2.45, 2.75) is 18.1 Å². The van der Waals surface area contributed by atoms with E-state index >= 15 is 0 Å². The maximum atomic E-state index is 5.51. The monoisotopic (exact) mass is 129 g/mol. The molecule has 8 heavy (non-hydrogen) atoms. The first-order valence-electron chi connectivity index (χ1n) is 2.80. The highest BCUT2D eigenvalue weighted by atomic mass is 32.2. The number of hydrogen-bond acceptors (Lipinski definition) is 2. The van der Waals surface area contributed by atoms with Crippen LogP contribution in [0.15, 0.2) is 11.5 Å². The first-order chi connectivity index (χ1) is 3.77. The third-order valence-electron chi connectivity index (χ3n) is 1.43. The van der Waals surface area contributed by atoms with E-state index in [4.69, 9.17) is 5.73 Å². The van der Waals surface area contributed by atoms with Gasteiger partial charge in [-0.1, -0.05) is 6.08 Å². The number of allylic oxidation sites excluding steroid dienone is 1. The van der Waals surface area contributed by atoms with E-state index in [1.807, 2.05) is 11.8 Å². The predicted molar refractivity (Wildman–Crippen MR) is 38.8 cm³/mol. The second kappa shape index (κ2) is 2.11. The van der Waals surface area contributed by atoms with Crippen LogP contribution in [0.2, 0.25) is 0 Å². The Kier molecular flexibility index (Phi) is 1.63. The van der Waals surface area contributed by atoms with E-state index in [0.717, 1.165) is 13.0 Å². The predicted octanol–water partition coefficient (Wildman–Crippen LogP) is 1.35. The van der Waals surface area contributed by atoms with E-state index in [9.17, 15) is 0 Å². The minimum absolute atomic E-state index is 0.319. The maximum absolute atomic E-state index is 5.51. The Hall–Kier alpha value is 0.0500. The average molecular weight is 129 g/mol. The molecule has 0 aromatic heterocycles. The molecule has 0 fully saturated rings. The second-order valence-corrected chi connectivity index (χ2v) is 3.84. The molecule has 2 heteroatoms. The summed E-state index contributed by atoms with van der Waals surface area (Å²) in [6.07, 6.45) is 3.31. The SMILES string of the molecule is CC1(CN)CC=CS1. The van der Waals surface area contributed by atoms with E-state index in [1.54, 1.807) is 0 Å². The second-order valence-electron chi connectivity index (χ2n) is 2.35. The maximum Gasteiger partial charge on any atom is 0.0329 e. The van der Waals surface area contributed by atoms with Crippen molar-refractivity contribution in [2.24, 2.45) is 5.73 Å². The Morgan fingerprint density at radius 1 is 1.88 bits per heavy atom. The molecule has 46 valence electrons. The van der Waals surface area contributed by atoms with Gasteiger partial charge >= 0.3 is 0 Å². The van der Waals surface area contributed by atoms with Gasteiger partial charge in [0.1, 0.15) is 0 Å². The van der Waals surface area contributed by atoms with Gasteiger partial charge in [0, 0.05) is 11.3 Å². The molecule has 0 aromatic rings. The Balaban J connectivity index is 2.46. The minimum Gasteiger partial charge on any atom is -0.329 e. The van der Waals surface area contributed by atoms with E-state index in [-0.39, 0.29) is 0 Å². The fourth-order valence-electron chi connectivity index (χ4n) is 0.689. The van der Waals surface area contributed by atoms with Gasteiger partial charge in [-0.05, 0) is 18.8 Å². The smallest absolute Gasteiger partial charge is 0.0329 e. The van der Waals surface area contributed by atoms with Crippen LogP contribution < -0.4 is 5.73 Å². The molecule has 0 bridgehead atoms. The summed E-state index contributed by atoms with van der Waals surface area (Å²) in [6, 6.07) is 0. The third kappa shape index (κ3) is 1.06. The molecule has 1 heterocycles. The Labute approximate surface area is 54.3 Å². The first kappa shape index (κ1) is 6.17. The molecule has 1 aliphatic heterocycles. The zero-order valence-electron chi connectivity index (χ0n) is 5.05. The summed E-state index contributed by atoms with van der Waals surface area (Å²) in [5.41, 5.74) is 5.51. The van der Waals surface area contributed by atoms with Crippen LogP contribution in [-0.4, -0.2) is 11.3 Å². The highest BCUT2D eigenvalue weighted by Crippen LogP contribution is 2.34. The summed E-state index contributed by atoms with van der Waals surface area (Å²) >= 11 is 1.84. The lowest BCUT2D eigenvalue weighted by Crippen LogP contribution is -2.27. The molecule has 1 unspecified atom stereocenters. The fourth-order valence-corrected chi connectivity index (χ4v) is 1.50. The average Bonchev–Trinajstić information content (AvgIpc) is 2.17. The molecular weight excluding hydrogens is 118 g/mol. The van der Waals surface area contributed by atoms with Gasteiger partial charge in [-0.25, -0.2) is 0 Å². The summed E-state index contributed by atoms with van der Waals surface area (Å²) in [6.45, 7) is 2.97. The van der Waals surface area contributed by atoms with Gasteiger partial charge in [-0.2, -0.15) is 0 Å². The molecule has 2 N–H and O–H groups in total. The van der Waals surface area contributed by atoms with Crippen molar-refractivity contribution >= 4 is 11.8 Å². The van der Waals surface area contributed by atoms with Crippen molar-refractivity contribution in [3.05, 3.63) is 11.5 Å². The van der Waals surface area contributed by atoms with E-state index in [0.29, 0.717) is 4.75 Å². The number of rotatable bonds is 1. The van der Waals surface area contributed by atoms with Crippen LogP contribution in [0.3, 0.4) is 0 Å². The molecule has 0 amide bonds. The highest BCUT2D eigenvalue weighted by Gasteiger charge is 2.23. The number of nitrogens with two attached hydrogens (primary N) is 1. The zero-order chi connectivity index (χ0) is 6.04. The molecular formula is C6H11NS. The van der Waals surface area contributed by atoms with Crippen molar-refractivity contribution in [3.8, 4) is 0 Å². The summed E-state index contributed by atoms with van der Waals surface area (Å²) < 4.78 is 0.319.